The zero-order chi connectivity index (χ0) is 13.6. The fourth-order valence-corrected chi connectivity index (χ4v) is 3.42. The predicted octanol–water partition coefficient (Wildman–Crippen LogP) is 4.17. The Balaban J connectivity index is 2.48. The molecule has 106 valence electrons. The Labute approximate surface area is 115 Å². The van der Waals surface area contributed by atoms with E-state index in [1.165, 1.54) is 32.1 Å². The molecular weight excluding hydrogens is 246 g/mol. The molecule has 1 aliphatic rings. The van der Waals surface area contributed by atoms with Crippen LogP contribution >= 0.6 is 11.8 Å². The summed E-state index contributed by atoms with van der Waals surface area (Å²) in [6.07, 6.45) is 6.11. The molecule has 0 saturated heterocycles. The van der Waals surface area contributed by atoms with E-state index in [0.717, 1.165) is 5.75 Å². The zero-order valence-corrected chi connectivity index (χ0v) is 12.9. The Kier molecular flexibility index (Phi) is 6.33. The third kappa shape index (κ3) is 5.98. The molecular formula is C14H27NO2S. The van der Waals surface area contributed by atoms with Crippen molar-refractivity contribution in [3.05, 3.63) is 0 Å². The molecule has 0 aromatic heterocycles. The molecule has 0 bridgehead atoms. The van der Waals surface area contributed by atoms with Crippen LogP contribution in [0.3, 0.4) is 0 Å². The minimum atomic E-state index is -0.419. The number of nitrogens with one attached hydrogen (secondary N) is 1. The number of carbonyl (C=O) groups is 1. The van der Waals surface area contributed by atoms with Crippen LogP contribution in [0.5, 0.6) is 0 Å². The molecule has 0 radical (unpaired) electrons. The third-order valence-corrected chi connectivity index (χ3v) is 4.28. The average Bonchev–Trinajstić information content (AvgIpc) is 2.27. The van der Waals surface area contributed by atoms with Gasteiger partial charge in [-0.3, -0.25) is 0 Å². The average molecular weight is 273 g/mol. The number of hydrogen-bond acceptors (Lipinski definition) is 3. The molecule has 1 aliphatic carbocycles. The van der Waals surface area contributed by atoms with E-state index in [2.05, 4.69) is 12.2 Å². The lowest BCUT2D eigenvalue weighted by Gasteiger charge is -2.31. The van der Waals surface area contributed by atoms with Crippen molar-refractivity contribution in [1.82, 2.24) is 5.32 Å². The van der Waals surface area contributed by atoms with Crippen molar-refractivity contribution < 1.29 is 9.53 Å². The molecule has 1 unspecified atom stereocenters. The van der Waals surface area contributed by atoms with Gasteiger partial charge in [0.2, 0.25) is 0 Å². The van der Waals surface area contributed by atoms with Crippen LogP contribution in [0.4, 0.5) is 4.79 Å². The maximum Gasteiger partial charge on any atom is 0.408 e. The zero-order valence-electron chi connectivity index (χ0n) is 12.1. The maximum absolute atomic E-state index is 11.8. The Bertz CT molecular complexity index is 257. The summed E-state index contributed by atoms with van der Waals surface area (Å²) in [5, 5.41) is 3.26. The van der Waals surface area contributed by atoms with Crippen LogP contribution in [0.25, 0.3) is 0 Å². The Morgan fingerprint density at radius 1 is 1.33 bits per heavy atom. The first-order valence-corrected chi connectivity index (χ1v) is 8.08. The highest BCUT2D eigenvalue weighted by atomic mass is 32.2. The second-order valence-electron chi connectivity index (χ2n) is 5.92. The van der Waals surface area contributed by atoms with Crippen LogP contribution in [-0.2, 0) is 4.74 Å². The van der Waals surface area contributed by atoms with Gasteiger partial charge in [-0.25, -0.2) is 4.79 Å². The molecule has 18 heavy (non-hydrogen) atoms. The van der Waals surface area contributed by atoms with Gasteiger partial charge in [-0.2, -0.15) is 0 Å². The van der Waals surface area contributed by atoms with E-state index in [1.54, 1.807) is 0 Å². The van der Waals surface area contributed by atoms with Crippen molar-refractivity contribution in [2.45, 2.75) is 70.8 Å². The van der Waals surface area contributed by atoms with Crippen molar-refractivity contribution in [2.75, 3.05) is 5.75 Å². The molecule has 3 nitrogen and oxygen atoms in total. The maximum atomic E-state index is 11.8. The quantitative estimate of drug-likeness (QED) is 0.781. The monoisotopic (exact) mass is 273 g/mol. The lowest BCUT2D eigenvalue weighted by atomic mass is 9.89. The van der Waals surface area contributed by atoms with Crippen molar-refractivity contribution >= 4 is 17.9 Å². The van der Waals surface area contributed by atoms with Gasteiger partial charge in [0.05, 0.1) is 5.37 Å². The van der Waals surface area contributed by atoms with Crippen molar-refractivity contribution in [2.24, 2.45) is 5.92 Å². The van der Waals surface area contributed by atoms with Crippen molar-refractivity contribution in [3.8, 4) is 0 Å². The highest BCUT2D eigenvalue weighted by molar-refractivity contribution is 7.99. The summed E-state index contributed by atoms with van der Waals surface area (Å²) in [6, 6.07) is 0. The minimum absolute atomic E-state index is 0.213. The van der Waals surface area contributed by atoms with E-state index >= 15 is 0 Å². The van der Waals surface area contributed by atoms with Crippen molar-refractivity contribution in [1.29, 1.82) is 0 Å². The topological polar surface area (TPSA) is 38.3 Å². The fourth-order valence-electron chi connectivity index (χ4n) is 2.34. The molecule has 1 fully saturated rings. The molecule has 0 aromatic rings. The van der Waals surface area contributed by atoms with Gasteiger partial charge in [0, 0.05) is 0 Å². The minimum Gasteiger partial charge on any atom is -0.444 e. The van der Waals surface area contributed by atoms with Crippen LogP contribution in [0.1, 0.15) is 59.8 Å². The molecule has 1 amide bonds. The molecule has 1 saturated carbocycles. The van der Waals surface area contributed by atoms with Crippen LogP contribution in [0.15, 0.2) is 0 Å². The fraction of sp³-hybridized carbons (Fsp3) is 0.929. The predicted molar refractivity (Wildman–Crippen MR) is 77.9 cm³/mol. The van der Waals surface area contributed by atoms with Gasteiger partial charge in [0.15, 0.2) is 0 Å². The lowest BCUT2D eigenvalue weighted by molar-refractivity contribution is 0.0506. The van der Waals surface area contributed by atoms with Gasteiger partial charge in [0.25, 0.3) is 0 Å². The van der Waals surface area contributed by atoms with Crippen LogP contribution in [0, 0.1) is 5.92 Å². The number of amides is 1. The Morgan fingerprint density at radius 2 is 1.94 bits per heavy atom. The lowest BCUT2D eigenvalue weighted by Crippen LogP contribution is -2.42. The van der Waals surface area contributed by atoms with Gasteiger partial charge in [0.1, 0.15) is 5.60 Å². The normalized spacial score (nSPS) is 19.3. The highest BCUT2D eigenvalue weighted by Crippen LogP contribution is 2.31. The number of thioether (sulfide) groups is 1. The molecule has 1 atom stereocenters. The second kappa shape index (κ2) is 7.27. The van der Waals surface area contributed by atoms with E-state index in [0.29, 0.717) is 5.92 Å². The SMILES string of the molecule is CCSC(NC(=O)OC(C)(C)C)C1CCCCC1. The first-order chi connectivity index (χ1) is 8.42. The van der Waals surface area contributed by atoms with E-state index in [1.807, 2.05) is 32.5 Å². The molecule has 0 spiro atoms. The van der Waals surface area contributed by atoms with Crippen LogP contribution in [0.2, 0.25) is 0 Å². The number of ether oxygens (including phenoxy) is 1. The first-order valence-electron chi connectivity index (χ1n) is 7.03. The number of rotatable bonds is 4. The summed E-state index contributed by atoms with van der Waals surface area (Å²) in [4.78, 5) is 11.8. The molecule has 1 N–H and O–H groups in total. The Morgan fingerprint density at radius 3 is 2.44 bits per heavy atom. The molecule has 0 aromatic carbocycles. The summed E-state index contributed by atoms with van der Waals surface area (Å²) in [5.41, 5.74) is -0.419. The van der Waals surface area contributed by atoms with E-state index in [4.69, 9.17) is 4.74 Å². The van der Waals surface area contributed by atoms with Gasteiger partial charge in [-0.05, 0) is 45.3 Å². The van der Waals surface area contributed by atoms with Crippen molar-refractivity contribution in [3.63, 3.8) is 0 Å². The van der Waals surface area contributed by atoms with E-state index in [-0.39, 0.29) is 11.5 Å². The van der Waals surface area contributed by atoms with Gasteiger partial charge >= 0.3 is 6.09 Å². The van der Waals surface area contributed by atoms with Crippen LogP contribution < -0.4 is 5.32 Å². The Hall–Kier alpha value is -0.380. The molecule has 0 heterocycles. The first kappa shape index (κ1) is 15.7. The summed E-state index contributed by atoms with van der Waals surface area (Å²) in [5.74, 6) is 1.63. The molecule has 4 heteroatoms. The summed E-state index contributed by atoms with van der Waals surface area (Å²) < 4.78 is 5.34. The number of carbonyl (C=O) groups excluding carboxylic acids is 1. The smallest absolute Gasteiger partial charge is 0.408 e. The second-order valence-corrected chi connectivity index (χ2v) is 7.34. The largest absolute Gasteiger partial charge is 0.444 e. The standard InChI is InChI=1S/C14H27NO2S/c1-5-18-12(11-9-7-6-8-10-11)15-13(16)17-14(2,3)4/h11-12H,5-10H2,1-4H3,(H,15,16). The number of alkyl carbamates (subject to hydrolysis) is 1. The molecule has 1 rings (SSSR count). The molecule has 0 aliphatic heterocycles. The summed E-state index contributed by atoms with van der Waals surface area (Å²) in [6.45, 7) is 7.83. The summed E-state index contributed by atoms with van der Waals surface area (Å²) >= 11 is 1.83. The third-order valence-electron chi connectivity index (χ3n) is 3.08. The van der Waals surface area contributed by atoms with Gasteiger partial charge in [-0.15, -0.1) is 11.8 Å². The van der Waals surface area contributed by atoms with E-state index < -0.39 is 5.60 Å². The van der Waals surface area contributed by atoms with Gasteiger partial charge in [-0.1, -0.05) is 26.2 Å². The van der Waals surface area contributed by atoms with E-state index in [9.17, 15) is 4.79 Å². The summed E-state index contributed by atoms with van der Waals surface area (Å²) in [7, 11) is 0. The number of hydrogen-bond donors (Lipinski definition) is 1. The van der Waals surface area contributed by atoms with Gasteiger partial charge < -0.3 is 10.1 Å². The van der Waals surface area contributed by atoms with Crippen LogP contribution in [-0.4, -0.2) is 22.8 Å². The highest BCUT2D eigenvalue weighted by Gasteiger charge is 2.26.